The standard InChI is InChI=1S/C17H16N2O.C6H10N6O/c1-3-15-18-14-11-7-8-12(2)16(14)17(20)19(15)13-9-5-4-6-10-13;7-1-2-12-5(9)3(6(10)13)4(8)11-12/h4-11H,3H2,1-2H3;1-2H,7,9H2,(H2,8,11)(H2,10,13)/b;2-1-. The minimum atomic E-state index is -0.716. The molecule has 4 rings (SSSR count). The van der Waals surface area contributed by atoms with Crippen LogP contribution in [0.5, 0.6) is 0 Å². The number of carbonyl (C=O) groups excluding carboxylic acids is 1. The summed E-state index contributed by atoms with van der Waals surface area (Å²) in [6.07, 6.45) is 3.29. The molecular weight excluding hydrogens is 420 g/mol. The molecule has 0 saturated heterocycles. The van der Waals surface area contributed by atoms with E-state index in [0.29, 0.717) is 11.8 Å². The molecule has 0 spiro atoms. The van der Waals surface area contributed by atoms with Crippen LogP contribution in [0.15, 0.2) is 59.5 Å². The van der Waals surface area contributed by atoms with Crippen LogP contribution in [0.1, 0.15) is 28.7 Å². The van der Waals surface area contributed by atoms with Crippen LogP contribution in [-0.4, -0.2) is 25.2 Å². The number of aryl methyl sites for hydroxylation is 2. The second kappa shape index (κ2) is 9.69. The van der Waals surface area contributed by atoms with Crippen LogP contribution in [0.4, 0.5) is 11.6 Å². The van der Waals surface area contributed by atoms with E-state index in [9.17, 15) is 9.59 Å². The number of nitrogens with zero attached hydrogens (tertiary/aromatic N) is 4. The van der Waals surface area contributed by atoms with Gasteiger partial charge in [0.05, 0.1) is 16.6 Å². The maximum Gasteiger partial charge on any atom is 0.266 e. The lowest BCUT2D eigenvalue weighted by molar-refractivity contribution is 0.100. The zero-order valence-corrected chi connectivity index (χ0v) is 18.4. The smallest absolute Gasteiger partial charge is 0.266 e. The summed E-state index contributed by atoms with van der Waals surface area (Å²) in [4.78, 5) is 28.3. The van der Waals surface area contributed by atoms with Crippen molar-refractivity contribution in [3.8, 4) is 5.69 Å². The molecule has 2 heterocycles. The SMILES string of the molecule is CCc1nc2cccc(C)c2c(=O)n1-c1ccccc1.N/C=C\n1nc(N)c(C(N)=O)c1N. The van der Waals surface area contributed by atoms with Gasteiger partial charge in [-0.15, -0.1) is 5.10 Å². The molecule has 10 nitrogen and oxygen atoms in total. The summed E-state index contributed by atoms with van der Waals surface area (Å²) < 4.78 is 2.89. The Balaban J connectivity index is 0.000000205. The highest BCUT2D eigenvalue weighted by Crippen LogP contribution is 2.18. The molecule has 0 atom stereocenters. The molecule has 170 valence electrons. The van der Waals surface area contributed by atoms with E-state index in [2.05, 4.69) is 10.1 Å². The normalized spacial score (nSPS) is 10.8. The Hall–Kier alpha value is -4.60. The molecule has 0 aliphatic carbocycles. The van der Waals surface area contributed by atoms with Crippen LogP contribution in [-0.2, 0) is 6.42 Å². The second-order valence-electron chi connectivity index (χ2n) is 7.12. The van der Waals surface area contributed by atoms with Gasteiger partial charge in [-0.2, -0.15) is 0 Å². The lowest BCUT2D eigenvalue weighted by atomic mass is 10.1. The van der Waals surface area contributed by atoms with Gasteiger partial charge in [-0.25, -0.2) is 9.67 Å². The zero-order chi connectivity index (χ0) is 24.1. The highest BCUT2D eigenvalue weighted by Gasteiger charge is 2.16. The van der Waals surface area contributed by atoms with Gasteiger partial charge in [0.25, 0.3) is 11.5 Å². The predicted octanol–water partition coefficient (Wildman–Crippen LogP) is 1.79. The highest BCUT2D eigenvalue weighted by molar-refractivity contribution is 6.02. The van der Waals surface area contributed by atoms with E-state index < -0.39 is 5.91 Å². The Morgan fingerprint density at radius 3 is 2.36 bits per heavy atom. The van der Waals surface area contributed by atoms with Crippen molar-refractivity contribution in [2.45, 2.75) is 20.3 Å². The number of aromatic nitrogens is 4. The predicted molar refractivity (Wildman–Crippen MR) is 131 cm³/mol. The summed E-state index contributed by atoms with van der Waals surface area (Å²) in [5, 5.41) is 4.43. The van der Waals surface area contributed by atoms with Gasteiger partial charge in [-0.3, -0.25) is 14.2 Å². The summed E-state index contributed by atoms with van der Waals surface area (Å²) in [5.41, 5.74) is 23.7. The molecule has 2 aromatic carbocycles. The van der Waals surface area contributed by atoms with Crippen molar-refractivity contribution in [2.24, 2.45) is 11.5 Å². The summed E-state index contributed by atoms with van der Waals surface area (Å²) in [5.74, 6) is 0.140. The molecule has 8 N–H and O–H groups in total. The topological polar surface area (TPSA) is 174 Å². The number of hydrogen-bond donors (Lipinski definition) is 4. The molecule has 0 radical (unpaired) electrons. The number of para-hydroxylation sites is 1. The van der Waals surface area contributed by atoms with Crippen molar-refractivity contribution < 1.29 is 4.79 Å². The number of amides is 1. The molecular formula is C23H26N8O2. The van der Waals surface area contributed by atoms with Crippen LogP contribution >= 0.6 is 0 Å². The van der Waals surface area contributed by atoms with Crippen molar-refractivity contribution in [3.63, 3.8) is 0 Å². The Morgan fingerprint density at radius 2 is 1.79 bits per heavy atom. The van der Waals surface area contributed by atoms with Crippen molar-refractivity contribution in [1.29, 1.82) is 0 Å². The summed E-state index contributed by atoms with van der Waals surface area (Å²) in [6, 6.07) is 15.5. The maximum atomic E-state index is 12.9. The highest BCUT2D eigenvalue weighted by atomic mass is 16.1. The van der Waals surface area contributed by atoms with Gasteiger partial charge in [0.15, 0.2) is 5.82 Å². The van der Waals surface area contributed by atoms with Crippen molar-refractivity contribution in [2.75, 3.05) is 11.5 Å². The minimum absolute atomic E-state index is 0.0103. The monoisotopic (exact) mass is 446 g/mol. The van der Waals surface area contributed by atoms with Gasteiger partial charge < -0.3 is 22.9 Å². The molecule has 10 heteroatoms. The first-order valence-corrected chi connectivity index (χ1v) is 10.2. The van der Waals surface area contributed by atoms with Gasteiger partial charge in [0, 0.05) is 18.8 Å². The molecule has 0 fully saturated rings. The van der Waals surface area contributed by atoms with E-state index in [-0.39, 0.29) is 22.8 Å². The molecule has 0 unspecified atom stereocenters. The van der Waals surface area contributed by atoms with E-state index >= 15 is 0 Å². The lowest BCUT2D eigenvalue weighted by Crippen LogP contribution is -2.24. The number of nitrogens with two attached hydrogens (primary N) is 4. The molecule has 2 aromatic heterocycles. The number of benzene rings is 2. The molecule has 4 aromatic rings. The van der Waals surface area contributed by atoms with Crippen LogP contribution in [0.2, 0.25) is 0 Å². The largest absolute Gasteiger partial charge is 0.403 e. The summed E-state index contributed by atoms with van der Waals surface area (Å²) >= 11 is 0. The first-order chi connectivity index (χ1) is 15.8. The Kier molecular flexibility index (Phi) is 6.77. The average Bonchev–Trinajstić information content (AvgIpc) is 3.07. The van der Waals surface area contributed by atoms with Crippen molar-refractivity contribution in [3.05, 3.63) is 82.0 Å². The van der Waals surface area contributed by atoms with E-state index in [1.54, 1.807) is 4.57 Å². The third-order valence-corrected chi connectivity index (χ3v) is 4.95. The fourth-order valence-electron chi connectivity index (χ4n) is 3.44. The molecule has 0 saturated carbocycles. The molecule has 1 amide bonds. The lowest BCUT2D eigenvalue weighted by Gasteiger charge is -2.13. The number of nitrogen functional groups attached to an aromatic ring is 2. The van der Waals surface area contributed by atoms with Gasteiger partial charge in [-0.05, 0) is 30.7 Å². The summed E-state index contributed by atoms with van der Waals surface area (Å²) in [7, 11) is 0. The Bertz CT molecular complexity index is 1390. The third-order valence-electron chi connectivity index (χ3n) is 4.95. The van der Waals surface area contributed by atoms with Gasteiger partial charge in [0.2, 0.25) is 0 Å². The van der Waals surface area contributed by atoms with Gasteiger partial charge in [0.1, 0.15) is 17.2 Å². The van der Waals surface area contributed by atoms with E-state index in [4.69, 9.17) is 22.9 Å². The number of carbonyl (C=O) groups is 1. The first-order valence-electron chi connectivity index (χ1n) is 10.2. The van der Waals surface area contributed by atoms with Crippen LogP contribution in [0, 0.1) is 6.92 Å². The van der Waals surface area contributed by atoms with Crippen molar-refractivity contribution in [1.82, 2.24) is 19.3 Å². The van der Waals surface area contributed by atoms with E-state index in [0.717, 1.165) is 22.6 Å². The van der Waals surface area contributed by atoms with Crippen LogP contribution in [0.25, 0.3) is 22.8 Å². The third kappa shape index (κ3) is 4.54. The number of rotatable bonds is 4. The number of anilines is 2. The van der Waals surface area contributed by atoms with Crippen molar-refractivity contribution >= 4 is 34.6 Å². The Labute approximate surface area is 190 Å². The van der Waals surface area contributed by atoms with E-state index in [1.807, 2.05) is 62.4 Å². The second-order valence-corrected chi connectivity index (χ2v) is 7.12. The molecule has 0 bridgehead atoms. The quantitative estimate of drug-likeness (QED) is 0.369. The molecule has 33 heavy (non-hydrogen) atoms. The maximum absolute atomic E-state index is 12.9. The average molecular weight is 447 g/mol. The Morgan fingerprint density at radius 1 is 1.09 bits per heavy atom. The first kappa shape index (κ1) is 23.1. The molecule has 0 aliphatic rings. The number of fused-ring (bicyclic) bond motifs is 1. The fraction of sp³-hybridized carbons (Fsp3) is 0.130. The number of primary amides is 1. The van der Waals surface area contributed by atoms with E-state index in [1.165, 1.54) is 17.1 Å². The van der Waals surface area contributed by atoms with Crippen LogP contribution < -0.4 is 28.5 Å². The van der Waals surface area contributed by atoms with Crippen LogP contribution in [0.3, 0.4) is 0 Å². The minimum Gasteiger partial charge on any atom is -0.403 e. The van der Waals surface area contributed by atoms with Gasteiger partial charge >= 0.3 is 0 Å². The summed E-state index contributed by atoms with van der Waals surface area (Å²) in [6.45, 7) is 3.97. The molecule has 0 aliphatic heterocycles. The zero-order valence-electron chi connectivity index (χ0n) is 18.4. The fourth-order valence-corrected chi connectivity index (χ4v) is 3.44. The van der Waals surface area contributed by atoms with Gasteiger partial charge in [-0.1, -0.05) is 37.3 Å². The number of hydrogen-bond acceptors (Lipinski definition) is 7.